The molecule has 0 aromatic carbocycles. The molecular weight excluding hydrogens is 276 g/mol. The smallest absolute Gasteiger partial charge is 0.321 e. The van der Waals surface area contributed by atoms with E-state index in [1.807, 2.05) is 5.38 Å². The van der Waals surface area contributed by atoms with E-state index in [-0.39, 0.29) is 12.1 Å². The molecule has 1 atom stereocenters. The number of ether oxygens (including phenoxy) is 1. The van der Waals surface area contributed by atoms with Gasteiger partial charge in [0.2, 0.25) is 0 Å². The lowest BCUT2D eigenvalue weighted by atomic mass is 10.2. The second-order valence-electron chi connectivity index (χ2n) is 5.32. The van der Waals surface area contributed by atoms with Crippen molar-refractivity contribution < 1.29 is 9.53 Å². The largest absolute Gasteiger partial charge is 0.374 e. The highest BCUT2D eigenvalue weighted by molar-refractivity contribution is 7.13. The van der Waals surface area contributed by atoms with E-state index in [0.717, 1.165) is 26.2 Å². The molecule has 0 saturated carbocycles. The Morgan fingerprint density at radius 2 is 2.50 bits per heavy atom. The van der Waals surface area contributed by atoms with E-state index >= 15 is 0 Å². The summed E-state index contributed by atoms with van der Waals surface area (Å²) in [5.74, 6) is 0.648. The first kappa shape index (κ1) is 15.2. The molecule has 1 aromatic heterocycles. The minimum atomic E-state index is -0.232. The minimum Gasteiger partial charge on any atom is -0.374 e. The van der Waals surface area contributed by atoms with Gasteiger partial charge in [-0.05, 0) is 5.92 Å². The number of anilines is 1. The summed E-state index contributed by atoms with van der Waals surface area (Å²) in [5.41, 5.74) is 0. The summed E-state index contributed by atoms with van der Waals surface area (Å²) in [6.45, 7) is 8.59. The Labute approximate surface area is 123 Å². The van der Waals surface area contributed by atoms with E-state index in [2.05, 4.69) is 34.4 Å². The van der Waals surface area contributed by atoms with Gasteiger partial charge in [-0.1, -0.05) is 13.8 Å². The Morgan fingerprint density at radius 3 is 3.20 bits per heavy atom. The molecule has 0 unspecified atom stereocenters. The number of hydrogen-bond donors (Lipinski definition) is 2. The zero-order valence-electron chi connectivity index (χ0n) is 12.0. The zero-order chi connectivity index (χ0) is 14.4. The van der Waals surface area contributed by atoms with Gasteiger partial charge in [-0.2, -0.15) is 0 Å². The first-order valence-electron chi connectivity index (χ1n) is 6.92. The average Bonchev–Trinajstić information content (AvgIpc) is 2.89. The van der Waals surface area contributed by atoms with Gasteiger partial charge in [0, 0.05) is 37.8 Å². The lowest BCUT2D eigenvalue weighted by molar-refractivity contribution is -0.0288. The number of aromatic nitrogens is 1. The number of nitrogens with one attached hydrogen (secondary N) is 2. The maximum atomic E-state index is 11.7. The summed E-state index contributed by atoms with van der Waals surface area (Å²) in [6.07, 6.45) is 1.72. The van der Waals surface area contributed by atoms with Crippen LogP contribution in [0.25, 0.3) is 0 Å². The van der Waals surface area contributed by atoms with Gasteiger partial charge in [0.15, 0.2) is 5.13 Å². The molecule has 2 amide bonds. The zero-order valence-corrected chi connectivity index (χ0v) is 12.8. The van der Waals surface area contributed by atoms with Gasteiger partial charge >= 0.3 is 6.03 Å². The molecule has 7 heteroatoms. The molecule has 112 valence electrons. The summed E-state index contributed by atoms with van der Waals surface area (Å²) >= 11 is 1.40. The maximum absolute atomic E-state index is 11.7. The lowest BCUT2D eigenvalue weighted by Crippen LogP contribution is -2.48. The van der Waals surface area contributed by atoms with Crippen LogP contribution >= 0.6 is 11.3 Å². The van der Waals surface area contributed by atoms with Crippen LogP contribution in [0.2, 0.25) is 0 Å². The van der Waals surface area contributed by atoms with Gasteiger partial charge in [-0.15, -0.1) is 11.3 Å². The number of amides is 2. The molecule has 2 heterocycles. The predicted molar refractivity (Wildman–Crippen MR) is 80.2 cm³/mol. The van der Waals surface area contributed by atoms with Crippen molar-refractivity contribution in [1.82, 2.24) is 15.2 Å². The third kappa shape index (κ3) is 5.07. The summed E-state index contributed by atoms with van der Waals surface area (Å²) in [6, 6.07) is -0.232. The molecule has 1 aliphatic heterocycles. The standard InChI is InChI=1S/C13H22N4O2S/c1-10(2)8-17-4-5-19-11(9-17)7-15-12(18)16-13-14-3-6-20-13/h3,6,10-11H,4-5,7-9H2,1-2H3,(H2,14,15,16,18)/t11-/m1/s1. The molecular formula is C13H22N4O2S. The molecule has 0 bridgehead atoms. The Kier molecular flexibility index (Phi) is 5.75. The molecule has 0 aliphatic carbocycles. The van der Waals surface area contributed by atoms with Crippen molar-refractivity contribution in [1.29, 1.82) is 0 Å². The molecule has 1 aromatic rings. The van der Waals surface area contributed by atoms with Crippen LogP contribution in [0.4, 0.5) is 9.93 Å². The van der Waals surface area contributed by atoms with Crippen molar-refractivity contribution in [3.05, 3.63) is 11.6 Å². The van der Waals surface area contributed by atoms with E-state index in [0.29, 0.717) is 17.6 Å². The summed E-state index contributed by atoms with van der Waals surface area (Å²) < 4.78 is 5.68. The second kappa shape index (κ2) is 7.56. The quantitative estimate of drug-likeness (QED) is 0.867. The number of nitrogens with zero attached hydrogens (tertiary/aromatic N) is 2. The van der Waals surface area contributed by atoms with Crippen LogP contribution in [-0.2, 0) is 4.74 Å². The molecule has 6 nitrogen and oxygen atoms in total. The summed E-state index contributed by atoms with van der Waals surface area (Å²) in [4.78, 5) is 18.1. The number of urea groups is 1. The molecule has 2 N–H and O–H groups in total. The van der Waals surface area contributed by atoms with Crippen molar-refractivity contribution in [2.45, 2.75) is 20.0 Å². The van der Waals surface area contributed by atoms with Crippen molar-refractivity contribution >= 4 is 22.5 Å². The number of hydrogen-bond acceptors (Lipinski definition) is 5. The Balaban J connectivity index is 1.69. The van der Waals surface area contributed by atoms with Crippen molar-refractivity contribution in [2.75, 3.05) is 38.1 Å². The fraction of sp³-hybridized carbons (Fsp3) is 0.692. The van der Waals surface area contributed by atoms with Crippen LogP contribution in [0.1, 0.15) is 13.8 Å². The Bertz CT molecular complexity index is 411. The van der Waals surface area contributed by atoms with Gasteiger partial charge in [0.1, 0.15) is 0 Å². The first-order valence-corrected chi connectivity index (χ1v) is 7.79. The van der Waals surface area contributed by atoms with Crippen molar-refractivity contribution in [3.63, 3.8) is 0 Å². The van der Waals surface area contributed by atoms with Crippen LogP contribution in [-0.4, -0.2) is 54.8 Å². The normalized spacial score (nSPS) is 20.1. The average molecular weight is 298 g/mol. The fourth-order valence-corrected chi connectivity index (χ4v) is 2.74. The van der Waals surface area contributed by atoms with Crippen molar-refractivity contribution in [3.8, 4) is 0 Å². The highest BCUT2D eigenvalue weighted by atomic mass is 32.1. The molecule has 0 radical (unpaired) electrons. The van der Waals surface area contributed by atoms with E-state index in [1.165, 1.54) is 11.3 Å². The first-order chi connectivity index (χ1) is 9.63. The monoisotopic (exact) mass is 298 g/mol. The van der Waals surface area contributed by atoms with Gasteiger partial charge < -0.3 is 10.1 Å². The fourth-order valence-electron chi connectivity index (χ4n) is 2.22. The number of morpholine rings is 1. The number of rotatable bonds is 5. The van der Waals surface area contributed by atoms with Gasteiger partial charge in [-0.25, -0.2) is 9.78 Å². The topological polar surface area (TPSA) is 66.5 Å². The number of carbonyl (C=O) groups excluding carboxylic acids is 1. The summed E-state index contributed by atoms with van der Waals surface area (Å²) in [7, 11) is 0. The van der Waals surface area contributed by atoms with Crippen LogP contribution in [0.15, 0.2) is 11.6 Å². The molecule has 2 rings (SSSR count). The molecule has 20 heavy (non-hydrogen) atoms. The van der Waals surface area contributed by atoms with Crippen LogP contribution < -0.4 is 10.6 Å². The van der Waals surface area contributed by atoms with E-state index < -0.39 is 0 Å². The highest BCUT2D eigenvalue weighted by Gasteiger charge is 2.21. The number of thiazole rings is 1. The molecule has 0 spiro atoms. The van der Waals surface area contributed by atoms with Crippen LogP contribution in [0.3, 0.4) is 0 Å². The Morgan fingerprint density at radius 1 is 1.65 bits per heavy atom. The maximum Gasteiger partial charge on any atom is 0.321 e. The van der Waals surface area contributed by atoms with E-state index in [9.17, 15) is 4.79 Å². The number of carbonyl (C=O) groups is 1. The molecule has 1 saturated heterocycles. The predicted octanol–water partition coefficient (Wildman–Crippen LogP) is 1.62. The Hall–Kier alpha value is -1.18. The molecule has 1 fully saturated rings. The third-order valence-corrected chi connectivity index (χ3v) is 3.68. The SMILES string of the molecule is CC(C)CN1CCO[C@H](CNC(=O)Nc2nccs2)C1. The highest BCUT2D eigenvalue weighted by Crippen LogP contribution is 2.10. The van der Waals surface area contributed by atoms with Crippen LogP contribution in [0.5, 0.6) is 0 Å². The molecule has 1 aliphatic rings. The van der Waals surface area contributed by atoms with E-state index in [4.69, 9.17) is 4.74 Å². The summed E-state index contributed by atoms with van der Waals surface area (Å²) in [5, 5.41) is 7.95. The second-order valence-corrected chi connectivity index (χ2v) is 6.21. The van der Waals surface area contributed by atoms with E-state index in [1.54, 1.807) is 6.20 Å². The third-order valence-electron chi connectivity index (χ3n) is 2.99. The lowest BCUT2D eigenvalue weighted by Gasteiger charge is -2.33. The van der Waals surface area contributed by atoms with Gasteiger partial charge in [0.05, 0.1) is 12.7 Å². The minimum absolute atomic E-state index is 0.0598. The van der Waals surface area contributed by atoms with Gasteiger partial charge in [0.25, 0.3) is 0 Å². The van der Waals surface area contributed by atoms with Crippen LogP contribution in [0, 0.1) is 5.92 Å². The van der Waals surface area contributed by atoms with Crippen molar-refractivity contribution in [2.24, 2.45) is 5.92 Å². The van der Waals surface area contributed by atoms with Gasteiger partial charge in [-0.3, -0.25) is 10.2 Å².